The van der Waals surface area contributed by atoms with E-state index in [1.165, 1.54) is 6.92 Å². The van der Waals surface area contributed by atoms with Crippen LogP contribution in [0.2, 0.25) is 0 Å². The number of carbonyl (C=O) groups is 1. The van der Waals surface area contributed by atoms with Crippen molar-refractivity contribution in [1.29, 1.82) is 0 Å². The summed E-state index contributed by atoms with van der Waals surface area (Å²) in [6.07, 6.45) is 0. The van der Waals surface area contributed by atoms with Crippen molar-refractivity contribution in [2.45, 2.75) is 6.92 Å². The first-order valence-electron chi connectivity index (χ1n) is 3.07. The molecule has 0 radical (unpaired) electrons. The zero-order valence-electron chi connectivity index (χ0n) is 6.20. The van der Waals surface area contributed by atoms with Crippen molar-refractivity contribution in [2.75, 3.05) is 5.73 Å². The van der Waals surface area contributed by atoms with Crippen molar-refractivity contribution in [2.24, 2.45) is 0 Å². The zero-order valence-corrected chi connectivity index (χ0v) is 7.02. The van der Waals surface area contributed by atoms with Gasteiger partial charge in [-0.15, -0.1) is 12.4 Å². The molecule has 60 valence electrons. The van der Waals surface area contributed by atoms with Crippen LogP contribution in [0, 0.1) is 0 Å². The van der Waals surface area contributed by atoms with E-state index >= 15 is 0 Å². The van der Waals surface area contributed by atoms with E-state index in [4.69, 9.17) is 5.73 Å². The fourth-order valence-corrected chi connectivity index (χ4v) is 0.818. The summed E-state index contributed by atoms with van der Waals surface area (Å²) in [5.74, 6) is 0.0121. The van der Waals surface area contributed by atoms with E-state index in [0.717, 1.165) is 0 Å². The predicted octanol–water partition coefficient (Wildman–Crippen LogP) is 1.89. The lowest BCUT2D eigenvalue weighted by molar-refractivity contribution is 0.101. The molecule has 0 atom stereocenters. The summed E-state index contributed by atoms with van der Waals surface area (Å²) in [6, 6.07) is 7.04. The molecule has 0 aliphatic heterocycles. The number of para-hydroxylation sites is 1. The fourth-order valence-electron chi connectivity index (χ4n) is 0.818. The molecule has 0 unspecified atom stereocenters. The van der Waals surface area contributed by atoms with Gasteiger partial charge in [-0.2, -0.15) is 0 Å². The van der Waals surface area contributed by atoms with Crippen molar-refractivity contribution < 1.29 is 4.79 Å². The van der Waals surface area contributed by atoms with E-state index in [9.17, 15) is 4.79 Å². The standard InChI is InChI=1S/C8H9NO.ClH/c1-6(10)7-4-2-3-5-8(7)9;/h2-5H,9H2,1H3;1H. The average Bonchev–Trinajstić information content (AvgIpc) is 1.88. The lowest BCUT2D eigenvalue weighted by atomic mass is 10.1. The molecule has 1 aromatic rings. The van der Waals surface area contributed by atoms with Crippen LogP contribution in [0.5, 0.6) is 0 Å². The number of Topliss-reactive ketones (excluding diaryl/α,β-unsaturated/α-hetero) is 1. The number of anilines is 1. The highest BCUT2D eigenvalue weighted by Crippen LogP contribution is 2.09. The number of halogens is 1. The number of ketones is 1. The second-order valence-corrected chi connectivity index (χ2v) is 2.14. The lowest BCUT2D eigenvalue weighted by Gasteiger charge is -1.97. The number of hydrogen-bond donors (Lipinski definition) is 1. The Labute approximate surface area is 71.8 Å². The third-order valence-electron chi connectivity index (χ3n) is 1.34. The molecule has 1 aromatic carbocycles. The Morgan fingerprint density at radius 2 is 1.91 bits per heavy atom. The smallest absolute Gasteiger partial charge is 0.161 e. The van der Waals surface area contributed by atoms with Gasteiger partial charge in [0.1, 0.15) is 0 Å². The number of hydrogen-bond acceptors (Lipinski definition) is 2. The molecule has 11 heavy (non-hydrogen) atoms. The van der Waals surface area contributed by atoms with Gasteiger partial charge in [-0.1, -0.05) is 12.1 Å². The Morgan fingerprint density at radius 3 is 2.27 bits per heavy atom. The van der Waals surface area contributed by atoms with Gasteiger partial charge in [0.15, 0.2) is 5.78 Å². The van der Waals surface area contributed by atoms with Gasteiger partial charge in [0.05, 0.1) is 0 Å². The van der Waals surface area contributed by atoms with Crippen LogP contribution < -0.4 is 5.73 Å². The van der Waals surface area contributed by atoms with Gasteiger partial charge in [-0.05, 0) is 19.1 Å². The molecule has 0 heterocycles. The number of benzene rings is 1. The van der Waals surface area contributed by atoms with Crippen LogP contribution >= 0.6 is 12.4 Å². The van der Waals surface area contributed by atoms with Crippen LogP contribution in [0.1, 0.15) is 17.3 Å². The molecule has 0 aromatic heterocycles. The van der Waals surface area contributed by atoms with Gasteiger partial charge < -0.3 is 5.73 Å². The Hall–Kier alpha value is -1.02. The SMILES string of the molecule is CC(=O)c1ccccc1N.Cl. The highest BCUT2D eigenvalue weighted by atomic mass is 35.5. The first-order chi connectivity index (χ1) is 4.72. The van der Waals surface area contributed by atoms with Crippen LogP contribution in [-0.2, 0) is 0 Å². The maximum absolute atomic E-state index is 10.8. The number of nitrogens with two attached hydrogens (primary N) is 1. The molecule has 0 aliphatic rings. The molecule has 3 heteroatoms. The van der Waals surface area contributed by atoms with E-state index in [1.807, 2.05) is 6.07 Å². The first-order valence-corrected chi connectivity index (χ1v) is 3.07. The summed E-state index contributed by atoms with van der Waals surface area (Å²) in [5.41, 5.74) is 6.65. The predicted molar refractivity (Wildman–Crippen MR) is 48.1 cm³/mol. The third kappa shape index (κ3) is 2.24. The molecule has 0 saturated carbocycles. The van der Waals surface area contributed by atoms with Crippen molar-refractivity contribution in [3.63, 3.8) is 0 Å². The van der Waals surface area contributed by atoms with Gasteiger partial charge in [0.25, 0.3) is 0 Å². The van der Waals surface area contributed by atoms with E-state index in [-0.39, 0.29) is 18.2 Å². The van der Waals surface area contributed by atoms with Crippen molar-refractivity contribution >= 4 is 23.9 Å². The normalized spacial score (nSPS) is 8.45. The van der Waals surface area contributed by atoms with Gasteiger partial charge in [-0.3, -0.25) is 4.79 Å². The van der Waals surface area contributed by atoms with Crippen LogP contribution in [0.25, 0.3) is 0 Å². The number of carbonyl (C=O) groups excluding carboxylic acids is 1. The molecular formula is C8H10ClNO. The Morgan fingerprint density at radius 1 is 1.36 bits per heavy atom. The third-order valence-corrected chi connectivity index (χ3v) is 1.34. The Balaban J connectivity index is 0.000001000. The maximum Gasteiger partial charge on any atom is 0.161 e. The van der Waals surface area contributed by atoms with Crippen LogP contribution in [0.15, 0.2) is 24.3 Å². The second-order valence-electron chi connectivity index (χ2n) is 2.14. The summed E-state index contributed by atoms with van der Waals surface area (Å²) >= 11 is 0. The lowest BCUT2D eigenvalue weighted by Crippen LogP contribution is -1.97. The molecule has 0 spiro atoms. The first kappa shape index (κ1) is 9.98. The largest absolute Gasteiger partial charge is 0.398 e. The van der Waals surface area contributed by atoms with Crippen molar-refractivity contribution in [1.82, 2.24) is 0 Å². The monoisotopic (exact) mass is 171 g/mol. The van der Waals surface area contributed by atoms with E-state index in [2.05, 4.69) is 0 Å². The zero-order chi connectivity index (χ0) is 7.56. The number of nitrogen functional groups attached to an aromatic ring is 1. The molecule has 0 fully saturated rings. The van der Waals surface area contributed by atoms with Gasteiger partial charge in [0, 0.05) is 11.3 Å². The van der Waals surface area contributed by atoms with E-state index in [0.29, 0.717) is 11.3 Å². The topological polar surface area (TPSA) is 43.1 Å². The second kappa shape index (κ2) is 3.98. The van der Waals surface area contributed by atoms with Gasteiger partial charge >= 0.3 is 0 Å². The van der Waals surface area contributed by atoms with Crippen LogP contribution in [0.3, 0.4) is 0 Å². The summed E-state index contributed by atoms with van der Waals surface area (Å²) in [4.78, 5) is 10.8. The average molecular weight is 172 g/mol. The molecule has 0 amide bonds. The summed E-state index contributed by atoms with van der Waals surface area (Å²) in [5, 5.41) is 0. The van der Waals surface area contributed by atoms with Gasteiger partial charge in [0.2, 0.25) is 0 Å². The fraction of sp³-hybridized carbons (Fsp3) is 0.125. The summed E-state index contributed by atoms with van der Waals surface area (Å²) in [7, 11) is 0. The highest BCUT2D eigenvalue weighted by Gasteiger charge is 2.00. The minimum atomic E-state index is 0. The summed E-state index contributed by atoms with van der Waals surface area (Å²) < 4.78 is 0. The minimum absolute atomic E-state index is 0. The minimum Gasteiger partial charge on any atom is -0.398 e. The van der Waals surface area contributed by atoms with E-state index in [1.54, 1.807) is 18.2 Å². The van der Waals surface area contributed by atoms with Gasteiger partial charge in [-0.25, -0.2) is 0 Å². The maximum atomic E-state index is 10.8. The van der Waals surface area contributed by atoms with Crippen LogP contribution in [-0.4, -0.2) is 5.78 Å². The Kier molecular flexibility index (Phi) is 3.61. The quantitative estimate of drug-likeness (QED) is 0.518. The molecule has 0 aliphatic carbocycles. The van der Waals surface area contributed by atoms with E-state index < -0.39 is 0 Å². The van der Waals surface area contributed by atoms with Crippen molar-refractivity contribution in [3.8, 4) is 0 Å². The highest BCUT2D eigenvalue weighted by molar-refractivity contribution is 5.98. The number of rotatable bonds is 1. The molecule has 2 nitrogen and oxygen atoms in total. The van der Waals surface area contributed by atoms with Crippen molar-refractivity contribution in [3.05, 3.63) is 29.8 Å². The summed E-state index contributed by atoms with van der Waals surface area (Å²) in [6.45, 7) is 1.51. The molecule has 2 N–H and O–H groups in total. The molecule has 0 bridgehead atoms. The Bertz CT molecular complexity index is 260. The van der Waals surface area contributed by atoms with Crippen LogP contribution in [0.4, 0.5) is 5.69 Å². The molecule has 1 rings (SSSR count). The molecular weight excluding hydrogens is 162 g/mol. The molecule has 0 saturated heterocycles.